The maximum atomic E-state index is 11.7. The monoisotopic (exact) mass is 303 g/mol. The minimum Gasteiger partial charge on any atom is -0.465 e. The van der Waals surface area contributed by atoms with Crippen LogP contribution in [0.4, 0.5) is 5.13 Å². The third kappa shape index (κ3) is 3.57. The average molecular weight is 304 g/mol. The summed E-state index contributed by atoms with van der Waals surface area (Å²) in [5, 5.41) is 3.49. The quantitative estimate of drug-likeness (QED) is 0.830. The van der Waals surface area contributed by atoms with Crippen molar-refractivity contribution >= 4 is 39.9 Å². The SMILES string of the molecule is COC(=O)c1sc(N(C)CC(=O)NC2CC2)nc1Cl. The van der Waals surface area contributed by atoms with Crippen LogP contribution in [0, 0.1) is 0 Å². The Labute approximate surface area is 119 Å². The van der Waals surface area contributed by atoms with Crippen LogP contribution in [0.3, 0.4) is 0 Å². The number of amides is 1. The van der Waals surface area contributed by atoms with E-state index in [2.05, 4.69) is 15.0 Å². The molecule has 0 spiro atoms. The number of aromatic nitrogens is 1. The lowest BCUT2D eigenvalue weighted by Crippen LogP contribution is -2.36. The maximum Gasteiger partial charge on any atom is 0.351 e. The summed E-state index contributed by atoms with van der Waals surface area (Å²) < 4.78 is 4.60. The standard InChI is InChI=1S/C11H14ClN3O3S/c1-15(5-7(16)13-6-3-4-6)11-14-9(12)8(19-11)10(17)18-2/h6H,3-5H2,1-2H3,(H,13,16). The first-order chi connectivity index (χ1) is 9.01. The van der Waals surface area contributed by atoms with E-state index >= 15 is 0 Å². The normalized spacial score (nSPS) is 14.1. The molecule has 0 bridgehead atoms. The zero-order valence-electron chi connectivity index (χ0n) is 10.6. The van der Waals surface area contributed by atoms with Crippen LogP contribution >= 0.6 is 22.9 Å². The van der Waals surface area contributed by atoms with E-state index in [4.69, 9.17) is 11.6 Å². The Balaban J connectivity index is 1.99. The summed E-state index contributed by atoms with van der Waals surface area (Å²) >= 11 is 6.97. The highest BCUT2D eigenvalue weighted by Gasteiger charge is 2.25. The van der Waals surface area contributed by atoms with Gasteiger partial charge in [-0.25, -0.2) is 9.78 Å². The first kappa shape index (κ1) is 14.1. The van der Waals surface area contributed by atoms with Crippen molar-refractivity contribution in [3.63, 3.8) is 0 Å². The molecular formula is C11H14ClN3O3S. The van der Waals surface area contributed by atoms with E-state index < -0.39 is 5.97 Å². The molecule has 1 aromatic heterocycles. The number of esters is 1. The number of carbonyl (C=O) groups is 2. The van der Waals surface area contributed by atoms with Crippen LogP contribution in [0.5, 0.6) is 0 Å². The number of carbonyl (C=O) groups excluding carboxylic acids is 2. The predicted octanol–water partition coefficient (Wildman–Crippen LogP) is 1.30. The highest BCUT2D eigenvalue weighted by Crippen LogP contribution is 2.29. The van der Waals surface area contributed by atoms with Crippen LogP contribution in [-0.2, 0) is 9.53 Å². The van der Waals surface area contributed by atoms with Crippen molar-refractivity contribution in [2.45, 2.75) is 18.9 Å². The molecule has 1 heterocycles. The van der Waals surface area contributed by atoms with Crippen molar-refractivity contribution in [2.24, 2.45) is 0 Å². The molecule has 0 unspecified atom stereocenters. The van der Waals surface area contributed by atoms with Crippen molar-refractivity contribution in [3.05, 3.63) is 10.0 Å². The second-order valence-corrected chi connectivity index (χ2v) is 5.64. The first-order valence-electron chi connectivity index (χ1n) is 5.76. The number of methoxy groups -OCH3 is 1. The fourth-order valence-corrected chi connectivity index (χ4v) is 2.62. The number of nitrogens with one attached hydrogen (secondary N) is 1. The highest BCUT2D eigenvalue weighted by molar-refractivity contribution is 7.18. The second kappa shape index (κ2) is 5.75. The van der Waals surface area contributed by atoms with Crippen molar-refractivity contribution in [1.29, 1.82) is 0 Å². The number of rotatable bonds is 5. The minimum absolute atomic E-state index is 0.0593. The molecule has 0 saturated heterocycles. The van der Waals surface area contributed by atoms with Gasteiger partial charge in [0.05, 0.1) is 13.7 Å². The van der Waals surface area contributed by atoms with Gasteiger partial charge in [-0.2, -0.15) is 0 Å². The Morgan fingerprint density at radius 3 is 2.84 bits per heavy atom. The molecule has 0 aliphatic heterocycles. The lowest BCUT2D eigenvalue weighted by Gasteiger charge is -2.14. The van der Waals surface area contributed by atoms with Gasteiger partial charge in [-0.15, -0.1) is 0 Å². The molecule has 104 valence electrons. The number of halogens is 1. The number of nitrogens with zero attached hydrogens (tertiary/aromatic N) is 2. The number of likely N-dealkylation sites (N-methyl/N-ethyl adjacent to an activating group) is 1. The second-order valence-electron chi connectivity index (χ2n) is 4.31. The van der Waals surface area contributed by atoms with Crippen molar-refractivity contribution in [3.8, 4) is 0 Å². The molecule has 1 saturated carbocycles. The van der Waals surface area contributed by atoms with Gasteiger partial charge in [0.1, 0.15) is 0 Å². The van der Waals surface area contributed by atoms with E-state index in [0.29, 0.717) is 11.2 Å². The van der Waals surface area contributed by atoms with Crippen LogP contribution < -0.4 is 10.2 Å². The Morgan fingerprint density at radius 2 is 2.26 bits per heavy atom. The Kier molecular flexibility index (Phi) is 4.26. The fourth-order valence-electron chi connectivity index (χ4n) is 1.46. The van der Waals surface area contributed by atoms with Crippen LogP contribution in [0.25, 0.3) is 0 Å². The Bertz CT molecular complexity index is 501. The molecular weight excluding hydrogens is 290 g/mol. The zero-order valence-corrected chi connectivity index (χ0v) is 12.2. The van der Waals surface area contributed by atoms with E-state index in [9.17, 15) is 9.59 Å². The summed E-state index contributed by atoms with van der Waals surface area (Å²) in [6.07, 6.45) is 2.09. The van der Waals surface area contributed by atoms with Crippen molar-refractivity contribution in [2.75, 3.05) is 25.6 Å². The van der Waals surface area contributed by atoms with Gasteiger partial charge in [0.15, 0.2) is 15.2 Å². The van der Waals surface area contributed by atoms with E-state index in [1.165, 1.54) is 7.11 Å². The molecule has 1 aliphatic rings. The lowest BCUT2D eigenvalue weighted by molar-refractivity contribution is -0.119. The molecule has 1 fully saturated rings. The molecule has 1 amide bonds. The van der Waals surface area contributed by atoms with Crippen LogP contribution in [0.2, 0.25) is 5.15 Å². The minimum atomic E-state index is -0.524. The summed E-state index contributed by atoms with van der Waals surface area (Å²) in [5.41, 5.74) is 0. The lowest BCUT2D eigenvalue weighted by atomic mass is 10.5. The van der Waals surface area contributed by atoms with Crippen LogP contribution in [-0.4, -0.2) is 43.6 Å². The molecule has 0 aromatic carbocycles. The maximum absolute atomic E-state index is 11.7. The van der Waals surface area contributed by atoms with E-state index in [0.717, 1.165) is 24.2 Å². The summed E-state index contributed by atoms with van der Waals surface area (Å²) in [6.45, 7) is 0.182. The smallest absolute Gasteiger partial charge is 0.351 e. The van der Waals surface area contributed by atoms with Crippen LogP contribution in [0.15, 0.2) is 0 Å². The van der Waals surface area contributed by atoms with Gasteiger partial charge in [-0.05, 0) is 12.8 Å². The third-order valence-corrected chi connectivity index (χ3v) is 4.13. The molecule has 1 N–H and O–H groups in total. The number of anilines is 1. The van der Waals surface area contributed by atoms with Gasteiger partial charge in [0, 0.05) is 13.1 Å². The average Bonchev–Trinajstić information content (AvgIpc) is 3.08. The van der Waals surface area contributed by atoms with Gasteiger partial charge in [-0.3, -0.25) is 4.79 Å². The molecule has 19 heavy (non-hydrogen) atoms. The third-order valence-electron chi connectivity index (χ3n) is 2.60. The zero-order chi connectivity index (χ0) is 14.0. The number of thiazole rings is 1. The first-order valence-corrected chi connectivity index (χ1v) is 6.96. The molecule has 8 heteroatoms. The summed E-state index contributed by atoms with van der Waals surface area (Å²) in [7, 11) is 3.01. The van der Waals surface area contributed by atoms with Crippen molar-refractivity contribution in [1.82, 2.24) is 10.3 Å². The Morgan fingerprint density at radius 1 is 1.58 bits per heavy atom. The van der Waals surface area contributed by atoms with Gasteiger partial charge < -0.3 is 15.0 Å². The largest absolute Gasteiger partial charge is 0.465 e. The molecule has 6 nitrogen and oxygen atoms in total. The molecule has 1 aromatic rings. The molecule has 0 atom stereocenters. The Hall–Kier alpha value is -1.34. The van der Waals surface area contributed by atoms with E-state index in [-0.39, 0.29) is 22.5 Å². The highest BCUT2D eigenvalue weighted by atomic mass is 35.5. The predicted molar refractivity (Wildman–Crippen MR) is 72.9 cm³/mol. The number of hydrogen-bond acceptors (Lipinski definition) is 6. The number of hydrogen-bond donors (Lipinski definition) is 1. The molecule has 1 aliphatic carbocycles. The topological polar surface area (TPSA) is 71.5 Å². The molecule has 0 radical (unpaired) electrons. The van der Waals surface area contributed by atoms with Gasteiger partial charge in [0.2, 0.25) is 5.91 Å². The summed E-state index contributed by atoms with van der Waals surface area (Å²) in [5.74, 6) is -0.583. The van der Waals surface area contributed by atoms with Gasteiger partial charge >= 0.3 is 5.97 Å². The van der Waals surface area contributed by atoms with E-state index in [1.54, 1.807) is 11.9 Å². The number of ether oxygens (including phenoxy) is 1. The van der Waals surface area contributed by atoms with Crippen LogP contribution in [0.1, 0.15) is 22.5 Å². The molecule has 2 rings (SSSR count). The van der Waals surface area contributed by atoms with Crippen molar-refractivity contribution < 1.29 is 14.3 Å². The van der Waals surface area contributed by atoms with E-state index in [1.807, 2.05) is 0 Å². The summed E-state index contributed by atoms with van der Waals surface area (Å²) in [4.78, 5) is 29.0. The summed E-state index contributed by atoms with van der Waals surface area (Å²) in [6, 6.07) is 0.325. The van der Waals surface area contributed by atoms with Gasteiger partial charge in [-0.1, -0.05) is 22.9 Å². The fraction of sp³-hybridized carbons (Fsp3) is 0.545. The van der Waals surface area contributed by atoms with Gasteiger partial charge in [0.25, 0.3) is 0 Å².